The minimum atomic E-state index is -1.66. The molecule has 0 saturated heterocycles. The second kappa shape index (κ2) is 21.6. The second-order valence-corrected chi connectivity index (χ2v) is 14.6. The molecular weight excluding hydrogens is 716 g/mol. The van der Waals surface area contributed by atoms with Crippen LogP contribution < -0.4 is 32.3 Å². The highest BCUT2D eigenvalue weighted by molar-refractivity contribution is 5.96. The molecule has 0 bridgehead atoms. The summed E-state index contributed by atoms with van der Waals surface area (Å²) in [6.07, 6.45) is -2.75. The molecule has 0 heterocycles. The Morgan fingerprint density at radius 2 is 0.855 bits per heavy atom. The van der Waals surface area contributed by atoms with Gasteiger partial charge < -0.3 is 57.9 Å². The van der Waals surface area contributed by atoms with Gasteiger partial charge in [0.2, 0.25) is 29.5 Å². The van der Waals surface area contributed by atoms with Crippen LogP contribution in [-0.4, -0.2) is 109 Å². The molecule has 0 aliphatic heterocycles. The number of aliphatic carboxylic acids is 1. The third-order valence-corrected chi connectivity index (χ3v) is 8.57. The molecule has 55 heavy (non-hydrogen) atoms. The number of carbonyl (C=O) groups excluding carboxylic acids is 5. The molecule has 17 heteroatoms. The molecule has 0 fully saturated rings. The Balaban J connectivity index is 2.51. The molecule has 12 N–H and O–H groups in total. The number of aromatic hydroxyl groups is 2. The maximum Gasteiger partial charge on any atom is 0.328 e. The Labute approximate surface area is 320 Å². The molecule has 0 saturated carbocycles. The average molecular weight is 773 g/mol. The Kier molecular flexibility index (Phi) is 18.0. The van der Waals surface area contributed by atoms with Crippen molar-refractivity contribution in [3.8, 4) is 11.5 Å². The Morgan fingerprint density at radius 3 is 1.18 bits per heavy atom. The lowest BCUT2D eigenvalue weighted by Crippen LogP contribution is -2.61. The zero-order valence-electron chi connectivity index (χ0n) is 32.0. The van der Waals surface area contributed by atoms with E-state index in [0.29, 0.717) is 11.1 Å². The van der Waals surface area contributed by atoms with Crippen LogP contribution in [0, 0.1) is 11.8 Å². The van der Waals surface area contributed by atoms with Crippen molar-refractivity contribution in [2.24, 2.45) is 17.6 Å². The minimum absolute atomic E-state index is 0.0447. The molecule has 17 nitrogen and oxygen atoms in total. The fraction of sp³-hybridized carbons (Fsp3) is 0.526. The lowest BCUT2D eigenvalue weighted by Gasteiger charge is -2.28. The van der Waals surface area contributed by atoms with Gasteiger partial charge in [0.1, 0.15) is 41.7 Å². The number of nitrogens with two attached hydrogens (primary N) is 1. The number of phenols is 2. The summed E-state index contributed by atoms with van der Waals surface area (Å²) >= 11 is 0. The Morgan fingerprint density at radius 1 is 0.527 bits per heavy atom. The van der Waals surface area contributed by atoms with Crippen LogP contribution in [0.1, 0.15) is 65.5 Å². The highest BCUT2D eigenvalue weighted by atomic mass is 16.4. The molecule has 0 aromatic heterocycles. The molecule has 0 spiro atoms. The number of amides is 5. The van der Waals surface area contributed by atoms with Crippen molar-refractivity contribution in [3.05, 3.63) is 59.7 Å². The van der Waals surface area contributed by atoms with Crippen LogP contribution in [0.5, 0.6) is 11.5 Å². The molecule has 0 aliphatic carbocycles. The van der Waals surface area contributed by atoms with Gasteiger partial charge in [-0.25, -0.2) is 4.79 Å². The van der Waals surface area contributed by atoms with Crippen LogP contribution in [0.3, 0.4) is 0 Å². The summed E-state index contributed by atoms with van der Waals surface area (Å²) in [4.78, 5) is 79.6. The van der Waals surface area contributed by atoms with E-state index < -0.39 is 84.0 Å². The number of carboxylic acids is 1. The van der Waals surface area contributed by atoms with Crippen molar-refractivity contribution >= 4 is 35.5 Å². The third kappa shape index (κ3) is 15.6. The second-order valence-electron chi connectivity index (χ2n) is 14.6. The summed E-state index contributed by atoms with van der Waals surface area (Å²) in [6.45, 7) is 9.68. The van der Waals surface area contributed by atoms with E-state index in [1.807, 2.05) is 13.8 Å². The summed E-state index contributed by atoms with van der Waals surface area (Å²) in [5.41, 5.74) is 6.80. The van der Waals surface area contributed by atoms with Gasteiger partial charge in [-0.2, -0.15) is 0 Å². The molecule has 2 aromatic carbocycles. The number of hydrogen-bond acceptors (Lipinski definition) is 11. The van der Waals surface area contributed by atoms with Crippen LogP contribution >= 0.6 is 0 Å². The number of carbonyl (C=O) groups is 6. The zero-order valence-corrected chi connectivity index (χ0v) is 32.0. The van der Waals surface area contributed by atoms with Gasteiger partial charge >= 0.3 is 5.97 Å². The molecule has 2 aromatic rings. The van der Waals surface area contributed by atoms with Crippen LogP contribution in [0.25, 0.3) is 0 Å². The summed E-state index contributed by atoms with van der Waals surface area (Å²) in [7, 11) is 0. The monoisotopic (exact) mass is 772 g/mol. The van der Waals surface area contributed by atoms with Gasteiger partial charge in [0, 0.05) is 12.8 Å². The van der Waals surface area contributed by atoms with Gasteiger partial charge in [-0.05, 0) is 73.9 Å². The lowest BCUT2D eigenvalue weighted by molar-refractivity contribution is -0.145. The molecule has 0 radical (unpaired) electrons. The van der Waals surface area contributed by atoms with E-state index in [9.17, 15) is 54.3 Å². The highest BCUT2D eigenvalue weighted by Gasteiger charge is 2.34. The maximum absolute atomic E-state index is 14.2. The fourth-order valence-electron chi connectivity index (χ4n) is 5.51. The topological polar surface area (TPSA) is 290 Å². The first-order valence-corrected chi connectivity index (χ1v) is 18.1. The number of carboxylic acid groups (broad SMARTS) is 1. The number of rotatable bonds is 21. The first-order chi connectivity index (χ1) is 25.7. The van der Waals surface area contributed by atoms with Crippen LogP contribution in [0.4, 0.5) is 0 Å². The number of hydrogen-bond donors (Lipinski definition) is 11. The van der Waals surface area contributed by atoms with E-state index in [0.717, 1.165) is 0 Å². The van der Waals surface area contributed by atoms with Crippen molar-refractivity contribution in [2.75, 3.05) is 0 Å². The van der Waals surface area contributed by atoms with Crippen LogP contribution in [-0.2, 0) is 41.6 Å². The molecule has 8 unspecified atom stereocenters. The fourth-order valence-corrected chi connectivity index (χ4v) is 5.51. The van der Waals surface area contributed by atoms with Crippen molar-refractivity contribution in [1.82, 2.24) is 26.6 Å². The third-order valence-electron chi connectivity index (χ3n) is 8.57. The lowest BCUT2D eigenvalue weighted by atomic mass is 9.99. The quantitative estimate of drug-likeness (QED) is 0.0771. The predicted octanol–water partition coefficient (Wildman–Crippen LogP) is -0.427. The first-order valence-electron chi connectivity index (χ1n) is 18.1. The average Bonchev–Trinajstić information content (AvgIpc) is 3.09. The van der Waals surface area contributed by atoms with Gasteiger partial charge in [0.15, 0.2) is 6.04 Å². The highest BCUT2D eigenvalue weighted by Crippen LogP contribution is 2.15. The van der Waals surface area contributed by atoms with Crippen LogP contribution in [0.2, 0.25) is 0 Å². The molecule has 5 amide bonds. The largest absolute Gasteiger partial charge is 0.508 e. The first kappa shape index (κ1) is 45.9. The Bertz CT molecular complexity index is 1600. The smallest absolute Gasteiger partial charge is 0.328 e. The van der Waals surface area contributed by atoms with E-state index in [-0.39, 0.29) is 49.0 Å². The van der Waals surface area contributed by atoms with Gasteiger partial charge in [-0.1, -0.05) is 52.0 Å². The summed E-state index contributed by atoms with van der Waals surface area (Å²) in [5.74, 6) is -5.95. The molecule has 2 rings (SSSR count). The maximum atomic E-state index is 14.2. The van der Waals surface area contributed by atoms with Crippen molar-refractivity contribution < 1.29 is 54.3 Å². The molecule has 8 atom stereocenters. The van der Waals surface area contributed by atoms with Crippen LogP contribution in [0.15, 0.2) is 48.5 Å². The van der Waals surface area contributed by atoms with Crippen molar-refractivity contribution in [2.45, 2.75) is 116 Å². The molecular formula is C38H56N6O11. The summed E-state index contributed by atoms with van der Waals surface area (Å²) in [6, 6.07) is 3.44. The normalized spacial score (nSPS) is 15.7. The molecule has 304 valence electrons. The summed E-state index contributed by atoms with van der Waals surface area (Å²) in [5, 5.41) is 61.6. The number of phenolic OH excluding ortho intramolecular Hbond substituents is 2. The molecule has 0 aliphatic rings. The van der Waals surface area contributed by atoms with Gasteiger partial charge in [-0.3, -0.25) is 24.0 Å². The van der Waals surface area contributed by atoms with E-state index in [1.165, 1.54) is 62.4 Å². The van der Waals surface area contributed by atoms with E-state index in [4.69, 9.17) is 5.73 Å². The van der Waals surface area contributed by atoms with E-state index in [1.54, 1.807) is 13.8 Å². The van der Waals surface area contributed by atoms with Gasteiger partial charge in [0.25, 0.3) is 0 Å². The minimum Gasteiger partial charge on any atom is -0.508 e. The SMILES string of the molecule is CC(C)CC(NC(=O)C(Cc1ccc(O)cc1)NC(=O)C(Cc1ccc(O)cc1)NC(=O)C(CC(C)C)NC(=O)C(N)C(C)O)C(=O)NC(C(=O)O)C(C)O. The zero-order chi connectivity index (χ0) is 41.6. The predicted molar refractivity (Wildman–Crippen MR) is 201 cm³/mol. The summed E-state index contributed by atoms with van der Waals surface area (Å²) < 4.78 is 0. The van der Waals surface area contributed by atoms with Crippen molar-refractivity contribution in [3.63, 3.8) is 0 Å². The van der Waals surface area contributed by atoms with E-state index in [2.05, 4.69) is 26.6 Å². The van der Waals surface area contributed by atoms with Gasteiger partial charge in [-0.15, -0.1) is 0 Å². The Hall–Kier alpha value is -5.26. The number of benzene rings is 2. The number of aliphatic hydroxyl groups excluding tert-OH is 2. The number of nitrogens with one attached hydrogen (secondary N) is 5. The van der Waals surface area contributed by atoms with Gasteiger partial charge in [0.05, 0.1) is 12.2 Å². The standard InChI is InChI=1S/C38H56N6O11/c1-19(2)15-27(43-37(53)31(39)21(5)45)33(49)41-30(18-24-9-13-26(48)14-10-24)35(51)42-29(17-23-7-11-25(47)12-8-23)34(50)40-28(16-20(3)4)36(52)44-32(22(6)46)38(54)55/h7-14,19-22,27-32,45-48H,15-18,39H2,1-6H3,(H,40,50)(H,41,49)(H,42,51)(H,43,53)(H,44,52)(H,54,55). The van der Waals surface area contributed by atoms with Crippen molar-refractivity contribution in [1.29, 1.82) is 0 Å². The number of aliphatic hydroxyl groups is 2. The van der Waals surface area contributed by atoms with E-state index >= 15 is 0 Å².